The van der Waals surface area contributed by atoms with Crippen LogP contribution >= 0.6 is 0 Å². The number of carbonyl (C=O) groups is 2. The van der Waals surface area contributed by atoms with Crippen molar-refractivity contribution < 1.29 is 33.8 Å². The summed E-state index contributed by atoms with van der Waals surface area (Å²) in [6.45, 7) is 5.08. The van der Waals surface area contributed by atoms with Gasteiger partial charge in [-0.3, -0.25) is 10.1 Å². The van der Waals surface area contributed by atoms with E-state index in [9.17, 15) is 24.8 Å². The number of esters is 1. The molecule has 1 aromatic rings. The van der Waals surface area contributed by atoms with Crippen molar-refractivity contribution in [3.05, 3.63) is 46.5 Å². The first-order valence-corrected chi connectivity index (χ1v) is 14.7. The van der Waals surface area contributed by atoms with Gasteiger partial charge in [0.15, 0.2) is 0 Å². The van der Waals surface area contributed by atoms with Gasteiger partial charge in [0.2, 0.25) is 0 Å². The average molecular weight is 554 g/mol. The monoisotopic (exact) mass is 553 g/mol. The van der Waals surface area contributed by atoms with Crippen molar-refractivity contribution in [2.24, 2.45) is 40.4 Å². The standard InChI is InChI=1S/C31H39NO8/c1-29-14-11-23(40-28(34)39-22-7-5-21(6-8-22)32(36)37)17-20(29)4-9-26-25(29)12-15-30(2)24(13-16-31(26,30)35)19-3-10-27(33)38-18-19/h3,5-8,10,19-20,23-26,35H,4,9,11-18H2,1-2H3/t19?,20-,23+,24-,25+,26-,29+,30-,31+/m1/s1. The quantitative estimate of drug-likeness (QED) is 0.209. The molecule has 216 valence electrons. The second-order valence-electron chi connectivity index (χ2n) is 13.3. The minimum Gasteiger partial charge on any atom is -0.462 e. The topological polar surface area (TPSA) is 125 Å². The van der Waals surface area contributed by atoms with Crippen molar-refractivity contribution in [1.29, 1.82) is 0 Å². The summed E-state index contributed by atoms with van der Waals surface area (Å²) in [6, 6.07) is 5.38. The van der Waals surface area contributed by atoms with E-state index in [2.05, 4.69) is 13.8 Å². The number of carbonyl (C=O) groups excluding carboxylic acids is 2. The average Bonchev–Trinajstić information content (AvgIpc) is 3.20. The largest absolute Gasteiger partial charge is 0.514 e. The van der Waals surface area contributed by atoms with Gasteiger partial charge in [-0.1, -0.05) is 19.9 Å². The lowest BCUT2D eigenvalue weighted by atomic mass is 9.43. The third kappa shape index (κ3) is 4.32. The Balaban J connectivity index is 1.11. The SMILES string of the molecule is C[C@]12CC[C@H](OC(=O)Oc3ccc([N+](=O)[O-])cc3)C[C@H]1CC[C@@H]1[C@@H]2CC[C@]2(C)[C@@H](C3C=CC(=O)OC3)CC[C@]12O. The van der Waals surface area contributed by atoms with Crippen LogP contribution in [0.15, 0.2) is 36.4 Å². The molecule has 0 aromatic heterocycles. The predicted octanol–water partition coefficient (Wildman–Crippen LogP) is 5.98. The second kappa shape index (κ2) is 9.86. The maximum absolute atomic E-state index is 12.5. The number of fused-ring (bicyclic) bond motifs is 5. The third-order valence-electron chi connectivity index (χ3n) is 11.8. The van der Waals surface area contributed by atoms with Crippen LogP contribution in [-0.4, -0.2) is 40.5 Å². The Kier molecular flexibility index (Phi) is 6.71. The first kappa shape index (κ1) is 27.2. The minimum atomic E-state index is -0.779. The molecule has 1 aliphatic heterocycles. The Hall–Kier alpha value is -2.94. The Morgan fingerprint density at radius 2 is 1.77 bits per heavy atom. The summed E-state index contributed by atoms with van der Waals surface area (Å²) >= 11 is 0. The molecule has 1 unspecified atom stereocenters. The van der Waals surface area contributed by atoms with E-state index in [1.54, 1.807) is 6.08 Å². The molecule has 4 fully saturated rings. The van der Waals surface area contributed by atoms with Crippen molar-refractivity contribution in [2.45, 2.75) is 83.3 Å². The van der Waals surface area contributed by atoms with E-state index in [0.717, 1.165) is 57.8 Å². The molecule has 5 aliphatic rings. The molecule has 1 heterocycles. The van der Waals surface area contributed by atoms with E-state index in [1.165, 1.54) is 24.3 Å². The molecule has 9 heteroatoms. The molecule has 9 atom stereocenters. The van der Waals surface area contributed by atoms with Crippen LogP contribution in [-0.2, 0) is 14.3 Å². The van der Waals surface area contributed by atoms with Gasteiger partial charge in [0.25, 0.3) is 5.69 Å². The highest BCUT2D eigenvalue weighted by Gasteiger charge is 2.68. The molecule has 0 amide bonds. The summed E-state index contributed by atoms with van der Waals surface area (Å²) in [6.07, 6.45) is 10.8. The van der Waals surface area contributed by atoms with Crippen LogP contribution in [0, 0.1) is 50.5 Å². The molecule has 1 aromatic carbocycles. The number of rotatable bonds is 4. The molecule has 1 N–H and O–H groups in total. The fourth-order valence-electron chi connectivity index (χ4n) is 9.65. The fourth-order valence-corrected chi connectivity index (χ4v) is 9.65. The summed E-state index contributed by atoms with van der Waals surface area (Å²) in [5.74, 6) is 1.49. The first-order valence-electron chi connectivity index (χ1n) is 14.7. The molecule has 0 spiro atoms. The lowest BCUT2D eigenvalue weighted by Gasteiger charge is -2.64. The maximum atomic E-state index is 12.5. The third-order valence-corrected chi connectivity index (χ3v) is 11.8. The zero-order valence-corrected chi connectivity index (χ0v) is 23.3. The van der Waals surface area contributed by atoms with Crippen LogP contribution in [0.3, 0.4) is 0 Å². The number of ether oxygens (including phenoxy) is 3. The molecular formula is C31H39NO8. The minimum absolute atomic E-state index is 0.0694. The number of non-ortho nitro benzene ring substituents is 1. The van der Waals surface area contributed by atoms with Gasteiger partial charge in [-0.2, -0.15) is 0 Å². The smallest absolute Gasteiger partial charge is 0.462 e. The lowest BCUT2D eigenvalue weighted by Crippen LogP contribution is -2.62. The van der Waals surface area contributed by atoms with Crippen LogP contribution < -0.4 is 4.74 Å². The number of hydrogen-bond acceptors (Lipinski definition) is 8. The second-order valence-corrected chi connectivity index (χ2v) is 13.3. The van der Waals surface area contributed by atoms with Crippen LogP contribution in [0.25, 0.3) is 0 Å². The molecule has 4 saturated carbocycles. The number of cyclic esters (lactones) is 1. The number of nitrogens with zero attached hydrogens (tertiary/aromatic N) is 1. The lowest BCUT2D eigenvalue weighted by molar-refractivity contribution is -0.384. The summed E-state index contributed by atoms with van der Waals surface area (Å²) in [7, 11) is 0. The number of hydrogen-bond donors (Lipinski definition) is 1. The Labute approximate surface area is 234 Å². The highest BCUT2D eigenvalue weighted by molar-refractivity contribution is 5.82. The molecule has 40 heavy (non-hydrogen) atoms. The molecule has 6 rings (SSSR count). The van der Waals surface area contributed by atoms with Gasteiger partial charge in [0.05, 0.1) is 17.1 Å². The van der Waals surface area contributed by atoms with Crippen molar-refractivity contribution >= 4 is 17.8 Å². The highest BCUT2D eigenvalue weighted by atomic mass is 16.7. The van der Waals surface area contributed by atoms with Crippen LogP contribution in [0.4, 0.5) is 10.5 Å². The number of aliphatic hydroxyl groups is 1. The van der Waals surface area contributed by atoms with E-state index in [1.807, 2.05) is 6.08 Å². The summed E-state index contributed by atoms with van der Waals surface area (Å²) in [5.41, 5.74) is -0.898. The predicted molar refractivity (Wildman–Crippen MR) is 144 cm³/mol. The zero-order chi connectivity index (χ0) is 28.3. The van der Waals surface area contributed by atoms with E-state index in [4.69, 9.17) is 14.2 Å². The Morgan fingerprint density at radius 1 is 1.02 bits per heavy atom. The Morgan fingerprint density at radius 3 is 2.48 bits per heavy atom. The highest BCUT2D eigenvalue weighted by Crippen LogP contribution is 2.70. The molecule has 0 bridgehead atoms. The van der Waals surface area contributed by atoms with Gasteiger partial charge >= 0.3 is 12.1 Å². The van der Waals surface area contributed by atoms with Gasteiger partial charge in [-0.25, -0.2) is 9.59 Å². The van der Waals surface area contributed by atoms with Crippen LogP contribution in [0.2, 0.25) is 0 Å². The summed E-state index contributed by atoms with van der Waals surface area (Å²) in [5, 5.41) is 23.3. The molecular weight excluding hydrogens is 514 g/mol. The summed E-state index contributed by atoms with van der Waals surface area (Å²) < 4.78 is 16.4. The molecule has 4 aliphatic carbocycles. The van der Waals surface area contributed by atoms with E-state index in [-0.39, 0.29) is 46.2 Å². The van der Waals surface area contributed by atoms with Crippen LogP contribution in [0.1, 0.15) is 71.6 Å². The van der Waals surface area contributed by atoms with Gasteiger partial charge in [-0.15, -0.1) is 0 Å². The molecule has 0 saturated heterocycles. The first-order chi connectivity index (χ1) is 19.0. The molecule has 0 radical (unpaired) electrons. The van der Waals surface area contributed by atoms with Crippen molar-refractivity contribution in [3.8, 4) is 5.75 Å². The molecule has 9 nitrogen and oxygen atoms in total. The van der Waals surface area contributed by atoms with E-state index < -0.39 is 16.7 Å². The van der Waals surface area contributed by atoms with E-state index in [0.29, 0.717) is 24.4 Å². The van der Waals surface area contributed by atoms with Crippen molar-refractivity contribution in [3.63, 3.8) is 0 Å². The van der Waals surface area contributed by atoms with Gasteiger partial charge in [-0.05, 0) is 99.0 Å². The van der Waals surface area contributed by atoms with Gasteiger partial charge in [0.1, 0.15) is 11.9 Å². The number of nitro groups is 1. The van der Waals surface area contributed by atoms with Gasteiger partial charge in [0, 0.05) is 29.5 Å². The Bertz CT molecular complexity index is 1210. The summed E-state index contributed by atoms with van der Waals surface area (Å²) in [4.78, 5) is 34.4. The fraction of sp³-hybridized carbons (Fsp3) is 0.677. The van der Waals surface area contributed by atoms with Gasteiger partial charge < -0.3 is 19.3 Å². The number of benzene rings is 1. The van der Waals surface area contributed by atoms with E-state index >= 15 is 0 Å². The maximum Gasteiger partial charge on any atom is 0.514 e. The number of nitro benzene ring substituents is 1. The van der Waals surface area contributed by atoms with Crippen molar-refractivity contribution in [1.82, 2.24) is 0 Å². The zero-order valence-electron chi connectivity index (χ0n) is 23.3. The van der Waals surface area contributed by atoms with Crippen molar-refractivity contribution in [2.75, 3.05) is 6.61 Å². The van der Waals surface area contributed by atoms with Crippen LogP contribution in [0.5, 0.6) is 5.75 Å². The normalized spacial score (nSPS) is 42.1.